The minimum atomic E-state index is 0.584. The fraction of sp³-hybridized carbons (Fsp3) is 0.714. The fourth-order valence-electron chi connectivity index (χ4n) is 2.45. The van der Waals surface area contributed by atoms with E-state index >= 15 is 0 Å². The summed E-state index contributed by atoms with van der Waals surface area (Å²) in [5.74, 6) is 1.82. The topological polar surface area (TPSA) is 50.3 Å². The lowest BCUT2D eigenvalue weighted by atomic mass is 10.1. The van der Waals surface area contributed by atoms with Gasteiger partial charge in [-0.05, 0) is 33.7 Å². The van der Waals surface area contributed by atoms with Gasteiger partial charge in [-0.1, -0.05) is 0 Å². The molecule has 1 aliphatic rings. The molecule has 1 aromatic heterocycles. The number of rotatable bonds is 5. The summed E-state index contributed by atoms with van der Waals surface area (Å²) in [7, 11) is 2.15. The monoisotopic (exact) mass is 264 g/mol. The van der Waals surface area contributed by atoms with E-state index in [2.05, 4.69) is 34.2 Å². The molecule has 5 nitrogen and oxygen atoms in total. The second-order valence-electron chi connectivity index (χ2n) is 5.10. The van der Waals surface area contributed by atoms with Gasteiger partial charge in [0, 0.05) is 37.6 Å². The third-order valence-corrected chi connectivity index (χ3v) is 3.46. The van der Waals surface area contributed by atoms with Crippen LogP contribution in [0.25, 0.3) is 0 Å². The van der Waals surface area contributed by atoms with Crippen LogP contribution in [-0.4, -0.2) is 47.7 Å². The number of hydrogen-bond acceptors (Lipinski definition) is 5. The summed E-state index contributed by atoms with van der Waals surface area (Å²) < 4.78 is 5.40. The summed E-state index contributed by atoms with van der Waals surface area (Å²) in [6.45, 7) is 7.50. The van der Waals surface area contributed by atoms with Gasteiger partial charge in [0.05, 0.1) is 6.54 Å². The average Bonchev–Trinajstić information content (AvgIpc) is 2.39. The van der Waals surface area contributed by atoms with E-state index in [1.54, 1.807) is 0 Å². The number of nitrogens with zero attached hydrogens (tertiary/aromatic N) is 3. The van der Waals surface area contributed by atoms with Gasteiger partial charge in [0.2, 0.25) is 0 Å². The largest absolute Gasteiger partial charge is 0.381 e. The van der Waals surface area contributed by atoms with Gasteiger partial charge in [0.25, 0.3) is 0 Å². The van der Waals surface area contributed by atoms with Gasteiger partial charge in [0.15, 0.2) is 0 Å². The third kappa shape index (κ3) is 4.14. The smallest absolute Gasteiger partial charge is 0.144 e. The first-order valence-corrected chi connectivity index (χ1v) is 7.05. The maximum atomic E-state index is 5.40. The van der Waals surface area contributed by atoms with Crippen LogP contribution in [0, 0.1) is 6.92 Å². The predicted octanol–water partition coefficient (Wildman–Crippen LogP) is 1.83. The zero-order valence-electron chi connectivity index (χ0n) is 12.1. The van der Waals surface area contributed by atoms with Gasteiger partial charge in [-0.3, -0.25) is 4.90 Å². The average molecular weight is 264 g/mol. The maximum Gasteiger partial charge on any atom is 0.144 e. The van der Waals surface area contributed by atoms with Crippen molar-refractivity contribution in [3.63, 3.8) is 0 Å². The molecule has 1 saturated heterocycles. The lowest BCUT2D eigenvalue weighted by Crippen LogP contribution is -2.36. The molecular weight excluding hydrogens is 240 g/mol. The predicted molar refractivity (Wildman–Crippen MR) is 76.2 cm³/mol. The maximum absolute atomic E-state index is 5.40. The summed E-state index contributed by atoms with van der Waals surface area (Å²) in [5.41, 5.74) is 1.02. The van der Waals surface area contributed by atoms with Crippen LogP contribution in [0.4, 0.5) is 5.82 Å². The van der Waals surface area contributed by atoms with E-state index in [0.717, 1.165) is 56.5 Å². The van der Waals surface area contributed by atoms with Gasteiger partial charge in [0.1, 0.15) is 11.6 Å². The molecule has 0 aliphatic carbocycles. The van der Waals surface area contributed by atoms with Gasteiger partial charge >= 0.3 is 0 Å². The fourth-order valence-corrected chi connectivity index (χ4v) is 2.45. The molecule has 2 heterocycles. The standard InChI is InChI=1S/C14H24N4O/c1-4-15-13-9-11(2)16-14(17-13)10-18(3)12-5-7-19-8-6-12/h9,12H,4-8,10H2,1-3H3,(H,15,16,17). The Morgan fingerprint density at radius 1 is 1.37 bits per heavy atom. The van der Waals surface area contributed by atoms with Crippen LogP contribution >= 0.6 is 0 Å². The number of aromatic nitrogens is 2. The molecule has 1 aliphatic heterocycles. The SMILES string of the molecule is CCNc1cc(C)nc(CN(C)C2CCOCC2)n1. The molecule has 2 rings (SSSR count). The van der Waals surface area contributed by atoms with Gasteiger partial charge in [-0.25, -0.2) is 9.97 Å². The molecule has 0 bridgehead atoms. The van der Waals surface area contributed by atoms with E-state index in [1.807, 2.05) is 13.0 Å². The van der Waals surface area contributed by atoms with Crippen LogP contribution in [0.15, 0.2) is 6.07 Å². The van der Waals surface area contributed by atoms with E-state index in [1.165, 1.54) is 0 Å². The van der Waals surface area contributed by atoms with Gasteiger partial charge in [-0.15, -0.1) is 0 Å². The van der Waals surface area contributed by atoms with Crippen molar-refractivity contribution in [1.29, 1.82) is 0 Å². The molecule has 0 saturated carbocycles. The molecule has 106 valence electrons. The molecule has 19 heavy (non-hydrogen) atoms. The Labute approximate surface area is 115 Å². The lowest BCUT2D eigenvalue weighted by Gasteiger charge is -2.30. The number of nitrogens with one attached hydrogen (secondary N) is 1. The molecular formula is C14H24N4O. The highest BCUT2D eigenvalue weighted by Gasteiger charge is 2.19. The zero-order valence-corrected chi connectivity index (χ0v) is 12.1. The van der Waals surface area contributed by atoms with Crippen molar-refractivity contribution in [3.05, 3.63) is 17.6 Å². The molecule has 0 aromatic carbocycles. The minimum Gasteiger partial charge on any atom is -0.381 e. The molecule has 0 atom stereocenters. The van der Waals surface area contributed by atoms with E-state index in [9.17, 15) is 0 Å². The van der Waals surface area contributed by atoms with Crippen LogP contribution in [0.3, 0.4) is 0 Å². The Balaban J connectivity index is 2.00. The van der Waals surface area contributed by atoms with Crippen LogP contribution in [0.2, 0.25) is 0 Å². The Morgan fingerprint density at radius 2 is 2.11 bits per heavy atom. The van der Waals surface area contributed by atoms with Crippen molar-refractivity contribution in [2.75, 3.05) is 32.1 Å². The summed E-state index contributed by atoms with van der Waals surface area (Å²) in [4.78, 5) is 11.4. The summed E-state index contributed by atoms with van der Waals surface area (Å²) in [6, 6.07) is 2.57. The van der Waals surface area contributed by atoms with E-state index in [-0.39, 0.29) is 0 Å². The highest BCUT2D eigenvalue weighted by Crippen LogP contribution is 2.15. The Kier molecular flexibility index (Phi) is 5.10. The molecule has 1 aromatic rings. The summed E-state index contributed by atoms with van der Waals surface area (Å²) in [6.07, 6.45) is 2.20. The highest BCUT2D eigenvalue weighted by atomic mass is 16.5. The molecule has 0 unspecified atom stereocenters. The van der Waals surface area contributed by atoms with Crippen LogP contribution in [0.1, 0.15) is 31.3 Å². The molecule has 0 amide bonds. The van der Waals surface area contributed by atoms with Crippen LogP contribution < -0.4 is 5.32 Å². The minimum absolute atomic E-state index is 0.584. The first-order chi connectivity index (χ1) is 9.19. The van der Waals surface area contributed by atoms with Crippen LogP contribution in [-0.2, 0) is 11.3 Å². The second-order valence-corrected chi connectivity index (χ2v) is 5.10. The van der Waals surface area contributed by atoms with Crippen molar-refractivity contribution >= 4 is 5.82 Å². The number of ether oxygens (including phenoxy) is 1. The van der Waals surface area contributed by atoms with E-state index < -0.39 is 0 Å². The van der Waals surface area contributed by atoms with Crippen molar-refractivity contribution in [2.45, 2.75) is 39.3 Å². The quantitative estimate of drug-likeness (QED) is 0.879. The number of anilines is 1. The van der Waals surface area contributed by atoms with Gasteiger partial charge < -0.3 is 10.1 Å². The Bertz CT molecular complexity index is 404. The second kappa shape index (κ2) is 6.82. The van der Waals surface area contributed by atoms with Crippen molar-refractivity contribution in [2.24, 2.45) is 0 Å². The normalized spacial score (nSPS) is 16.8. The van der Waals surface area contributed by atoms with Gasteiger partial charge in [-0.2, -0.15) is 0 Å². The Hall–Kier alpha value is -1.20. The first-order valence-electron chi connectivity index (χ1n) is 7.05. The zero-order chi connectivity index (χ0) is 13.7. The molecule has 1 fully saturated rings. The summed E-state index contributed by atoms with van der Waals surface area (Å²) in [5, 5.41) is 3.25. The van der Waals surface area contributed by atoms with E-state index in [4.69, 9.17) is 4.74 Å². The number of aryl methyl sites for hydroxylation is 1. The number of hydrogen-bond donors (Lipinski definition) is 1. The molecule has 5 heteroatoms. The first kappa shape index (κ1) is 14.2. The molecule has 0 spiro atoms. The van der Waals surface area contributed by atoms with Crippen LogP contribution in [0.5, 0.6) is 0 Å². The Morgan fingerprint density at radius 3 is 2.79 bits per heavy atom. The van der Waals surface area contributed by atoms with Crippen molar-refractivity contribution in [3.8, 4) is 0 Å². The highest BCUT2D eigenvalue weighted by molar-refractivity contribution is 5.35. The molecule has 1 N–H and O–H groups in total. The van der Waals surface area contributed by atoms with E-state index in [0.29, 0.717) is 6.04 Å². The summed E-state index contributed by atoms with van der Waals surface area (Å²) >= 11 is 0. The third-order valence-electron chi connectivity index (χ3n) is 3.46. The molecule has 0 radical (unpaired) electrons. The lowest BCUT2D eigenvalue weighted by molar-refractivity contribution is 0.0399. The van der Waals surface area contributed by atoms with Crippen molar-refractivity contribution in [1.82, 2.24) is 14.9 Å². The van der Waals surface area contributed by atoms with Crippen molar-refractivity contribution < 1.29 is 4.74 Å².